The molecule has 1 N–H and O–H groups in total. The van der Waals surface area contributed by atoms with Gasteiger partial charge in [0.05, 0.1) is 0 Å². The molecule has 11 heavy (non-hydrogen) atoms. The molecule has 0 spiro atoms. The van der Waals surface area contributed by atoms with Crippen LogP contribution in [0.15, 0.2) is 0 Å². The third-order valence-corrected chi connectivity index (χ3v) is 3.86. The van der Waals surface area contributed by atoms with Gasteiger partial charge in [0.25, 0.3) is 0 Å². The molecule has 0 aromatic rings. The van der Waals surface area contributed by atoms with Crippen molar-refractivity contribution < 1.29 is 14.7 Å². The molecule has 3 nitrogen and oxygen atoms in total. The van der Waals surface area contributed by atoms with Crippen molar-refractivity contribution in [3.63, 3.8) is 0 Å². The van der Waals surface area contributed by atoms with Crippen LogP contribution in [0.25, 0.3) is 0 Å². The Morgan fingerprint density at radius 1 is 1.45 bits per heavy atom. The van der Waals surface area contributed by atoms with Crippen LogP contribution in [0.3, 0.4) is 0 Å². The predicted molar refractivity (Wildman–Crippen MR) is 42.3 cm³/mol. The molecule has 1 fully saturated rings. The van der Waals surface area contributed by atoms with Gasteiger partial charge in [-0.1, -0.05) is 0 Å². The van der Waals surface area contributed by atoms with Crippen molar-refractivity contribution in [3.05, 3.63) is 0 Å². The quantitative estimate of drug-likeness (QED) is 0.630. The first kappa shape index (κ1) is 8.79. The average molecular weight is 218 g/mol. The molecule has 0 heterocycles. The molecule has 4 heteroatoms. The number of ketones is 1. The first-order valence-corrected chi connectivity index (χ1v) is 4.80. The van der Waals surface area contributed by atoms with E-state index in [1.165, 1.54) is 16.9 Å². The number of hydrogen-bond acceptors (Lipinski definition) is 2. The van der Waals surface area contributed by atoms with Crippen molar-refractivity contribution in [1.82, 2.24) is 0 Å². The summed E-state index contributed by atoms with van der Waals surface area (Å²) in [7, 11) is 0. The van der Waals surface area contributed by atoms with Gasteiger partial charge in [0.2, 0.25) is 0 Å². The summed E-state index contributed by atoms with van der Waals surface area (Å²) in [5.41, 5.74) is 0. The minimum atomic E-state index is -0.745. The first-order chi connectivity index (χ1) is 5.04. The fraction of sp³-hybridized carbons (Fsp3) is 0.714. The van der Waals surface area contributed by atoms with Crippen LogP contribution < -0.4 is 0 Å². The summed E-state index contributed by atoms with van der Waals surface area (Å²) < 4.78 is -0.582. The van der Waals surface area contributed by atoms with Gasteiger partial charge < -0.3 is 0 Å². The van der Waals surface area contributed by atoms with E-state index in [1.807, 2.05) is 0 Å². The molecule has 1 rings (SSSR count). The summed E-state index contributed by atoms with van der Waals surface area (Å²) in [6.07, 6.45) is 1.96. The number of carboxylic acids is 1. The van der Waals surface area contributed by atoms with Crippen molar-refractivity contribution >= 4 is 28.6 Å². The number of aliphatic carboxylic acids is 1. The SMILES string of the molecule is O=C1CCC([AsH2])(C(=O)O)CC1. The standard InChI is InChI=1S/C7H11AsO3/c8-7(6(10)11)3-1-5(9)2-4-7/h1-4,8H2,(H,10,11). The van der Waals surface area contributed by atoms with E-state index in [-0.39, 0.29) is 5.78 Å². The monoisotopic (exact) mass is 218 g/mol. The van der Waals surface area contributed by atoms with Crippen LogP contribution in [0.5, 0.6) is 0 Å². The molecule has 1 atom stereocenters. The molecule has 0 amide bonds. The zero-order valence-corrected chi connectivity index (χ0v) is 8.59. The summed E-state index contributed by atoms with van der Waals surface area (Å²) in [6, 6.07) is 0. The van der Waals surface area contributed by atoms with E-state index in [4.69, 9.17) is 5.11 Å². The molecule has 0 bridgehead atoms. The third kappa shape index (κ3) is 1.84. The van der Waals surface area contributed by atoms with Crippen LogP contribution in [0, 0.1) is 0 Å². The molecular weight excluding hydrogens is 207 g/mol. The number of Topliss-reactive ketones (excluding diaryl/α,β-unsaturated/α-hetero) is 1. The molecule has 0 radical (unpaired) electrons. The Hall–Kier alpha value is -0.302. The van der Waals surface area contributed by atoms with Crippen molar-refractivity contribution in [2.75, 3.05) is 0 Å². The Kier molecular flexibility index (Phi) is 2.38. The third-order valence-electron chi connectivity index (χ3n) is 2.13. The second kappa shape index (κ2) is 2.98. The number of carboxylic acid groups (broad SMARTS) is 1. The van der Waals surface area contributed by atoms with Gasteiger partial charge in [-0.15, -0.1) is 0 Å². The van der Waals surface area contributed by atoms with Gasteiger partial charge in [0.1, 0.15) is 0 Å². The van der Waals surface area contributed by atoms with Crippen molar-refractivity contribution in [3.8, 4) is 0 Å². The Morgan fingerprint density at radius 3 is 2.27 bits per heavy atom. The topological polar surface area (TPSA) is 54.4 Å². The first-order valence-electron chi connectivity index (χ1n) is 3.58. The summed E-state index contributed by atoms with van der Waals surface area (Å²) in [6.45, 7) is 0. The number of carbonyl (C=O) groups excluding carboxylic acids is 1. The molecule has 1 aliphatic carbocycles. The molecular formula is C7H11AsO3. The Bertz CT molecular complexity index is 190. The molecule has 0 saturated heterocycles. The van der Waals surface area contributed by atoms with Crippen molar-refractivity contribution in [1.29, 1.82) is 0 Å². The summed E-state index contributed by atoms with van der Waals surface area (Å²) in [5, 5.41) is 8.79. The molecule has 1 unspecified atom stereocenters. The van der Waals surface area contributed by atoms with Crippen LogP contribution in [0.4, 0.5) is 0 Å². The molecule has 0 aliphatic heterocycles. The van der Waals surface area contributed by atoms with Gasteiger partial charge >= 0.3 is 73.2 Å². The summed E-state index contributed by atoms with van der Waals surface area (Å²) in [4.78, 5) is 21.5. The molecule has 62 valence electrons. The molecule has 1 aliphatic rings. The van der Waals surface area contributed by atoms with E-state index in [1.54, 1.807) is 0 Å². The van der Waals surface area contributed by atoms with Gasteiger partial charge in [-0.05, 0) is 0 Å². The van der Waals surface area contributed by atoms with Gasteiger partial charge in [0, 0.05) is 0 Å². The molecule has 0 aromatic carbocycles. The Morgan fingerprint density at radius 2 is 1.91 bits per heavy atom. The van der Waals surface area contributed by atoms with E-state index in [9.17, 15) is 9.59 Å². The van der Waals surface area contributed by atoms with Crippen molar-refractivity contribution in [2.24, 2.45) is 0 Å². The van der Waals surface area contributed by atoms with Gasteiger partial charge in [0.15, 0.2) is 0 Å². The maximum absolute atomic E-state index is 10.8. The fourth-order valence-corrected chi connectivity index (χ4v) is 1.79. The van der Waals surface area contributed by atoms with Crippen LogP contribution in [0.2, 0.25) is 4.20 Å². The second-order valence-corrected chi connectivity index (χ2v) is 5.32. The zero-order valence-electron chi connectivity index (χ0n) is 6.17. The van der Waals surface area contributed by atoms with E-state index in [0.29, 0.717) is 25.7 Å². The van der Waals surface area contributed by atoms with E-state index >= 15 is 0 Å². The second-order valence-electron chi connectivity index (χ2n) is 3.00. The Balaban J connectivity index is 2.62. The van der Waals surface area contributed by atoms with Crippen LogP contribution >= 0.6 is 0 Å². The van der Waals surface area contributed by atoms with Crippen LogP contribution in [-0.4, -0.2) is 33.7 Å². The van der Waals surface area contributed by atoms with E-state index in [0.717, 1.165) is 0 Å². The maximum atomic E-state index is 10.8. The van der Waals surface area contributed by atoms with E-state index < -0.39 is 10.2 Å². The van der Waals surface area contributed by atoms with Gasteiger partial charge in [-0.2, -0.15) is 0 Å². The van der Waals surface area contributed by atoms with Crippen molar-refractivity contribution in [2.45, 2.75) is 29.9 Å². The number of rotatable bonds is 1. The molecule has 0 aromatic heterocycles. The average Bonchev–Trinajstić information content (AvgIpc) is 1.95. The number of carbonyl (C=O) groups is 2. The fourth-order valence-electron chi connectivity index (χ4n) is 1.19. The zero-order chi connectivity index (χ0) is 8.48. The van der Waals surface area contributed by atoms with Gasteiger partial charge in [-0.3, -0.25) is 0 Å². The summed E-state index contributed by atoms with van der Waals surface area (Å²) in [5.74, 6) is -0.537. The predicted octanol–water partition coefficient (Wildman–Crippen LogP) is 0.00590. The van der Waals surface area contributed by atoms with E-state index in [2.05, 4.69) is 0 Å². The normalized spacial score (nSPS) is 23.2. The number of hydrogen-bond donors (Lipinski definition) is 1. The van der Waals surface area contributed by atoms with Crippen LogP contribution in [0.1, 0.15) is 25.7 Å². The van der Waals surface area contributed by atoms with Crippen LogP contribution in [-0.2, 0) is 9.59 Å². The summed E-state index contributed by atoms with van der Waals surface area (Å²) >= 11 is 1.23. The molecule has 1 saturated carbocycles. The minimum absolute atomic E-state index is 0.208. The van der Waals surface area contributed by atoms with Gasteiger partial charge in [-0.25, -0.2) is 0 Å². The Labute approximate surface area is 73.7 Å².